The van der Waals surface area contributed by atoms with Gasteiger partial charge in [-0.05, 0) is 27.6 Å². The van der Waals surface area contributed by atoms with Crippen molar-refractivity contribution < 1.29 is 9.90 Å². The van der Waals surface area contributed by atoms with E-state index in [9.17, 15) is 4.79 Å². The van der Waals surface area contributed by atoms with Gasteiger partial charge in [0.15, 0.2) is 0 Å². The van der Waals surface area contributed by atoms with Crippen LogP contribution in [0.5, 0.6) is 0 Å². The Hall–Kier alpha value is -0.590. The monoisotopic (exact) mass is 288 g/mol. The summed E-state index contributed by atoms with van der Waals surface area (Å²) < 4.78 is 0.904. The first-order chi connectivity index (χ1) is 7.16. The van der Waals surface area contributed by atoms with Gasteiger partial charge in [0.25, 0.3) is 0 Å². The molecule has 1 aromatic rings. The molecule has 4 nitrogen and oxygen atoms in total. The molecule has 1 aliphatic rings. The first-order valence-electron chi connectivity index (χ1n) is 4.38. The summed E-state index contributed by atoms with van der Waals surface area (Å²) in [6.07, 6.45) is 3.46. The van der Waals surface area contributed by atoms with Crippen molar-refractivity contribution in [1.29, 1.82) is 0 Å². The fourth-order valence-electron chi connectivity index (χ4n) is 1.38. The molecule has 2 heterocycles. The second-order valence-electron chi connectivity index (χ2n) is 3.21. The number of carboxylic acid groups (broad SMARTS) is 1. The molecule has 1 aromatic heterocycles. The number of hydrogen-bond donors (Lipinski definition) is 2. The Morgan fingerprint density at radius 2 is 2.47 bits per heavy atom. The smallest absolute Gasteiger partial charge is 0.321 e. The Morgan fingerprint density at radius 1 is 1.67 bits per heavy atom. The van der Waals surface area contributed by atoms with Gasteiger partial charge in [-0.3, -0.25) is 15.1 Å². The number of nitrogens with one attached hydrogen (secondary N) is 1. The lowest BCUT2D eigenvalue weighted by atomic mass is 10.2. The fraction of sp³-hybridized carbons (Fsp3) is 0.333. The number of thioether (sulfide) groups is 1. The SMILES string of the molecule is O=C(O)[C@H]1CSC(c2cncc(Br)c2)N1. The van der Waals surface area contributed by atoms with E-state index in [-0.39, 0.29) is 5.37 Å². The third-order valence-electron chi connectivity index (χ3n) is 2.11. The molecule has 2 rings (SSSR count). The van der Waals surface area contributed by atoms with Gasteiger partial charge in [0, 0.05) is 22.6 Å². The second-order valence-corrected chi connectivity index (χ2v) is 5.26. The normalized spacial score (nSPS) is 25.4. The number of rotatable bonds is 2. The van der Waals surface area contributed by atoms with Crippen LogP contribution in [0.25, 0.3) is 0 Å². The molecule has 1 fully saturated rings. The van der Waals surface area contributed by atoms with E-state index in [4.69, 9.17) is 5.11 Å². The van der Waals surface area contributed by atoms with Crippen molar-refractivity contribution in [2.75, 3.05) is 5.75 Å². The van der Waals surface area contributed by atoms with Gasteiger partial charge in [0.1, 0.15) is 6.04 Å². The number of hydrogen-bond acceptors (Lipinski definition) is 4. The Bertz CT molecular complexity index is 388. The van der Waals surface area contributed by atoms with Crippen LogP contribution in [0.3, 0.4) is 0 Å². The van der Waals surface area contributed by atoms with Crippen LogP contribution in [0, 0.1) is 0 Å². The summed E-state index contributed by atoms with van der Waals surface area (Å²) in [6.45, 7) is 0. The average Bonchev–Trinajstić information content (AvgIpc) is 2.66. The molecule has 2 N–H and O–H groups in total. The third-order valence-corrected chi connectivity index (χ3v) is 3.81. The largest absolute Gasteiger partial charge is 0.480 e. The van der Waals surface area contributed by atoms with E-state index in [1.165, 1.54) is 0 Å². The van der Waals surface area contributed by atoms with Crippen molar-refractivity contribution in [3.05, 3.63) is 28.5 Å². The molecule has 0 saturated carbocycles. The Kier molecular flexibility index (Phi) is 3.28. The highest BCUT2D eigenvalue weighted by molar-refractivity contribution is 9.10. The van der Waals surface area contributed by atoms with Crippen molar-refractivity contribution in [2.24, 2.45) is 0 Å². The van der Waals surface area contributed by atoms with E-state index < -0.39 is 12.0 Å². The van der Waals surface area contributed by atoms with Crippen LogP contribution in [0.1, 0.15) is 10.9 Å². The third kappa shape index (κ3) is 2.50. The minimum atomic E-state index is -0.798. The first kappa shape index (κ1) is 10.9. The number of nitrogens with zero attached hydrogens (tertiary/aromatic N) is 1. The lowest BCUT2D eigenvalue weighted by molar-refractivity contribution is -0.138. The van der Waals surface area contributed by atoms with Gasteiger partial charge >= 0.3 is 5.97 Å². The standard InChI is InChI=1S/C9H9BrN2O2S/c10-6-1-5(2-11-3-6)8-12-7(4-15-8)9(13)14/h1-3,7-8,12H,4H2,(H,13,14)/t7-,8?/m1/s1. The van der Waals surface area contributed by atoms with Crippen LogP contribution in [0.4, 0.5) is 0 Å². The van der Waals surface area contributed by atoms with Gasteiger partial charge in [-0.25, -0.2) is 0 Å². The van der Waals surface area contributed by atoms with Gasteiger partial charge in [-0.2, -0.15) is 0 Å². The summed E-state index contributed by atoms with van der Waals surface area (Å²) in [6, 6.07) is 1.49. The highest BCUT2D eigenvalue weighted by atomic mass is 79.9. The molecule has 0 bridgehead atoms. The van der Waals surface area contributed by atoms with Crippen LogP contribution in [-0.2, 0) is 4.79 Å². The predicted octanol–water partition coefficient (Wildman–Crippen LogP) is 1.63. The molecule has 1 aliphatic heterocycles. The minimum absolute atomic E-state index is 0.0242. The number of halogens is 1. The molecule has 0 radical (unpaired) electrons. The topological polar surface area (TPSA) is 62.2 Å². The molecule has 1 unspecified atom stereocenters. The molecular formula is C9H9BrN2O2S. The quantitative estimate of drug-likeness (QED) is 0.866. The number of aliphatic carboxylic acids is 1. The Morgan fingerprint density at radius 3 is 3.07 bits per heavy atom. The van der Waals surface area contributed by atoms with Crippen LogP contribution >= 0.6 is 27.7 Å². The molecule has 0 amide bonds. The minimum Gasteiger partial charge on any atom is -0.480 e. The van der Waals surface area contributed by atoms with Crippen LogP contribution in [-0.4, -0.2) is 27.9 Å². The summed E-state index contributed by atoms with van der Waals surface area (Å²) in [4.78, 5) is 14.8. The molecule has 0 aliphatic carbocycles. The second kappa shape index (κ2) is 4.51. The Labute approximate surface area is 99.6 Å². The van der Waals surface area contributed by atoms with Gasteiger partial charge in [0.05, 0.1) is 5.37 Å². The van der Waals surface area contributed by atoms with Gasteiger partial charge in [-0.1, -0.05) is 0 Å². The van der Waals surface area contributed by atoms with E-state index in [0.29, 0.717) is 5.75 Å². The molecular weight excluding hydrogens is 280 g/mol. The number of carbonyl (C=O) groups is 1. The van der Waals surface area contributed by atoms with E-state index in [0.717, 1.165) is 10.0 Å². The lowest BCUT2D eigenvalue weighted by Crippen LogP contribution is -2.33. The molecule has 6 heteroatoms. The average molecular weight is 289 g/mol. The maximum atomic E-state index is 10.7. The van der Waals surface area contributed by atoms with Crippen LogP contribution in [0.15, 0.2) is 22.9 Å². The summed E-state index contributed by atoms with van der Waals surface area (Å²) in [7, 11) is 0. The van der Waals surface area contributed by atoms with E-state index >= 15 is 0 Å². The highest BCUT2D eigenvalue weighted by Crippen LogP contribution is 2.33. The summed E-state index contributed by atoms with van der Waals surface area (Å²) >= 11 is 4.93. The zero-order chi connectivity index (χ0) is 10.8. The van der Waals surface area contributed by atoms with Crippen LogP contribution < -0.4 is 5.32 Å². The number of aromatic nitrogens is 1. The summed E-state index contributed by atoms with van der Waals surface area (Å²) in [5.41, 5.74) is 0.998. The summed E-state index contributed by atoms with van der Waals surface area (Å²) in [5.74, 6) is -0.208. The molecule has 1 saturated heterocycles. The predicted molar refractivity (Wildman–Crippen MR) is 61.7 cm³/mol. The highest BCUT2D eigenvalue weighted by Gasteiger charge is 2.30. The zero-order valence-corrected chi connectivity index (χ0v) is 10.1. The maximum Gasteiger partial charge on any atom is 0.321 e. The van der Waals surface area contributed by atoms with Crippen molar-refractivity contribution in [2.45, 2.75) is 11.4 Å². The van der Waals surface area contributed by atoms with E-state index in [1.54, 1.807) is 24.2 Å². The maximum absolute atomic E-state index is 10.7. The lowest BCUT2D eigenvalue weighted by Gasteiger charge is -2.10. The molecule has 2 atom stereocenters. The molecule has 15 heavy (non-hydrogen) atoms. The molecule has 80 valence electrons. The van der Waals surface area contributed by atoms with E-state index in [1.807, 2.05) is 6.07 Å². The first-order valence-corrected chi connectivity index (χ1v) is 6.22. The van der Waals surface area contributed by atoms with Crippen molar-refractivity contribution >= 4 is 33.7 Å². The molecule has 0 spiro atoms. The van der Waals surface area contributed by atoms with Crippen LogP contribution in [0.2, 0.25) is 0 Å². The zero-order valence-electron chi connectivity index (χ0n) is 7.68. The van der Waals surface area contributed by atoms with Crippen molar-refractivity contribution in [3.63, 3.8) is 0 Å². The van der Waals surface area contributed by atoms with Gasteiger partial charge < -0.3 is 5.11 Å². The Balaban J connectivity index is 2.11. The number of pyridine rings is 1. The van der Waals surface area contributed by atoms with E-state index in [2.05, 4.69) is 26.2 Å². The van der Waals surface area contributed by atoms with Gasteiger partial charge in [0.2, 0.25) is 0 Å². The number of carboxylic acids is 1. The van der Waals surface area contributed by atoms with Crippen molar-refractivity contribution in [1.82, 2.24) is 10.3 Å². The van der Waals surface area contributed by atoms with Gasteiger partial charge in [-0.15, -0.1) is 11.8 Å². The van der Waals surface area contributed by atoms with Crippen molar-refractivity contribution in [3.8, 4) is 0 Å². The molecule has 0 aromatic carbocycles. The fourth-order valence-corrected chi connectivity index (χ4v) is 2.97. The summed E-state index contributed by atoms with van der Waals surface area (Å²) in [5, 5.41) is 11.9.